The number of fused-ring (bicyclic) bond motifs is 1. The van der Waals surface area contributed by atoms with Crippen LogP contribution < -0.4 is 4.90 Å². The number of piperidine rings is 1. The second-order valence-corrected chi connectivity index (χ2v) is 17.1. The van der Waals surface area contributed by atoms with Gasteiger partial charge in [0.15, 0.2) is 5.78 Å². The minimum absolute atomic E-state index is 0. The van der Waals surface area contributed by atoms with Crippen molar-refractivity contribution in [1.29, 1.82) is 0 Å². The zero-order valence-electron chi connectivity index (χ0n) is 30.2. The van der Waals surface area contributed by atoms with Crippen LogP contribution in [0.3, 0.4) is 0 Å². The second kappa shape index (κ2) is 12.2. The van der Waals surface area contributed by atoms with E-state index >= 15 is 0 Å². The fourth-order valence-electron chi connectivity index (χ4n) is 8.77. The Kier molecular flexibility index (Phi) is 10.0. The van der Waals surface area contributed by atoms with Crippen LogP contribution in [0.15, 0.2) is 29.0 Å². The molecular formula is C40H66N2O2. The van der Waals surface area contributed by atoms with Gasteiger partial charge in [-0.1, -0.05) is 83.6 Å². The van der Waals surface area contributed by atoms with Gasteiger partial charge in [0.25, 0.3) is 0 Å². The van der Waals surface area contributed by atoms with Gasteiger partial charge in [0.05, 0.1) is 0 Å². The van der Waals surface area contributed by atoms with Crippen molar-refractivity contribution < 1.29 is 9.90 Å². The first-order valence-electron chi connectivity index (χ1n) is 17.1. The van der Waals surface area contributed by atoms with Gasteiger partial charge >= 0.3 is 0 Å². The summed E-state index contributed by atoms with van der Waals surface area (Å²) in [6.45, 7) is 35.7. The summed E-state index contributed by atoms with van der Waals surface area (Å²) in [6.07, 6.45) is 4.38. The third-order valence-corrected chi connectivity index (χ3v) is 10.4. The van der Waals surface area contributed by atoms with Crippen LogP contribution in [0.1, 0.15) is 159 Å². The van der Waals surface area contributed by atoms with Gasteiger partial charge in [-0.2, -0.15) is 0 Å². The van der Waals surface area contributed by atoms with Crippen LogP contribution in [-0.2, 0) is 4.79 Å². The monoisotopic (exact) mass is 607 g/mol. The number of phenols is 1. The number of carbonyl (C=O) groups is 1. The van der Waals surface area contributed by atoms with Gasteiger partial charge in [0.2, 0.25) is 0 Å². The predicted octanol–water partition coefficient (Wildman–Crippen LogP) is 10.6. The van der Waals surface area contributed by atoms with E-state index in [0.717, 1.165) is 30.6 Å². The van der Waals surface area contributed by atoms with Crippen LogP contribution in [0.2, 0.25) is 0 Å². The molecule has 1 saturated carbocycles. The topological polar surface area (TPSA) is 43.8 Å². The number of phenolic OH excluding ortho intramolecular Hbond substituents is 1. The number of hydrogen-bond donors (Lipinski definition) is 1. The summed E-state index contributed by atoms with van der Waals surface area (Å²) < 4.78 is 0. The molecule has 1 spiro atoms. The van der Waals surface area contributed by atoms with Crippen molar-refractivity contribution in [1.82, 2.24) is 4.90 Å². The highest BCUT2D eigenvalue weighted by molar-refractivity contribution is 6.08. The Morgan fingerprint density at radius 2 is 1.41 bits per heavy atom. The third-order valence-electron chi connectivity index (χ3n) is 10.4. The Labute approximate surface area is 271 Å². The molecule has 0 amide bonds. The molecule has 0 radical (unpaired) electrons. The maximum atomic E-state index is 13.0. The Morgan fingerprint density at radius 1 is 0.864 bits per heavy atom. The summed E-state index contributed by atoms with van der Waals surface area (Å²) in [5, 5.41) is 10.6. The third kappa shape index (κ3) is 5.89. The summed E-state index contributed by atoms with van der Waals surface area (Å²) in [6, 6.07) is 2.97. The standard InChI is InChI=1S/C20H31NO.C19H31NO.CH4/c1-12(2)21-11-13-10-20(13)15(21)9-14(22)16(18(3,4)5)17(20)19(6,7)8;1-8-14-10-20(13(6)7)15-9-16(21)17(11(2)3)18(12(4)5)19(14)15;/h9,12-13H,10-11H2,1-8H3;9,11-14,21H,8,10H2,1-7H3;1H4. The minimum Gasteiger partial charge on any atom is -0.508 e. The molecule has 1 aromatic carbocycles. The molecule has 2 aliphatic heterocycles. The van der Waals surface area contributed by atoms with Gasteiger partial charge in [-0.15, -0.1) is 0 Å². The predicted molar refractivity (Wildman–Crippen MR) is 190 cm³/mol. The van der Waals surface area contributed by atoms with Crippen molar-refractivity contribution in [3.8, 4) is 5.75 Å². The number of carbonyl (C=O) groups excluding carboxylic acids is 1. The molecule has 1 N–H and O–H groups in total. The Bertz CT molecular complexity index is 1310. The van der Waals surface area contributed by atoms with E-state index in [9.17, 15) is 9.90 Å². The summed E-state index contributed by atoms with van der Waals surface area (Å²) in [7, 11) is 0. The van der Waals surface area contributed by atoms with Gasteiger partial charge < -0.3 is 14.9 Å². The van der Waals surface area contributed by atoms with E-state index in [2.05, 4.69) is 114 Å². The lowest BCUT2D eigenvalue weighted by Gasteiger charge is -2.42. The van der Waals surface area contributed by atoms with Crippen molar-refractivity contribution in [2.45, 2.75) is 154 Å². The number of allylic oxidation sites excluding steroid dienone is 3. The fraction of sp³-hybridized carbons (Fsp3) is 0.725. The Morgan fingerprint density at radius 3 is 1.84 bits per heavy atom. The Balaban J connectivity index is 0.000000235. The molecule has 3 atom stereocenters. The SMILES string of the molecule is C.CC(C)N1CC2CC23C1=CC(=O)C(C(C)(C)C)=C3C(C)(C)C.CCC1CN(C(C)C)c2cc(O)c(C(C)C)c(C(C)C)c21. The lowest BCUT2D eigenvalue weighted by molar-refractivity contribution is -0.112. The molecule has 1 saturated heterocycles. The van der Waals surface area contributed by atoms with Crippen molar-refractivity contribution in [3.05, 3.63) is 45.7 Å². The molecule has 0 aromatic heterocycles. The maximum Gasteiger partial charge on any atom is 0.184 e. The lowest BCUT2D eigenvalue weighted by Crippen LogP contribution is -2.37. The van der Waals surface area contributed by atoms with Crippen LogP contribution in [-0.4, -0.2) is 41.0 Å². The van der Waals surface area contributed by atoms with Gasteiger partial charge in [-0.05, 0) is 85.8 Å². The molecule has 4 heteroatoms. The van der Waals surface area contributed by atoms with E-state index in [1.165, 1.54) is 34.5 Å². The van der Waals surface area contributed by atoms with Crippen LogP contribution in [0, 0.1) is 22.2 Å². The van der Waals surface area contributed by atoms with Crippen molar-refractivity contribution in [2.75, 3.05) is 18.0 Å². The molecule has 2 fully saturated rings. The highest BCUT2D eigenvalue weighted by atomic mass is 16.3. The summed E-state index contributed by atoms with van der Waals surface area (Å²) >= 11 is 0. The van der Waals surface area contributed by atoms with E-state index in [-0.39, 0.29) is 29.5 Å². The van der Waals surface area contributed by atoms with E-state index in [4.69, 9.17) is 0 Å². The fourth-order valence-corrected chi connectivity index (χ4v) is 8.77. The van der Waals surface area contributed by atoms with Crippen molar-refractivity contribution >= 4 is 11.5 Å². The largest absolute Gasteiger partial charge is 0.508 e. The average Bonchev–Trinajstić information content (AvgIpc) is 3.27. The van der Waals surface area contributed by atoms with Crippen LogP contribution in [0.4, 0.5) is 5.69 Å². The van der Waals surface area contributed by atoms with E-state index in [1.807, 2.05) is 12.1 Å². The number of ketones is 1. The smallest absolute Gasteiger partial charge is 0.184 e. The normalized spacial score (nSPS) is 24.4. The van der Waals surface area contributed by atoms with Crippen LogP contribution in [0.25, 0.3) is 0 Å². The zero-order valence-corrected chi connectivity index (χ0v) is 30.2. The highest BCUT2D eigenvalue weighted by Gasteiger charge is 2.69. The van der Waals surface area contributed by atoms with Gasteiger partial charge in [0.1, 0.15) is 5.75 Å². The van der Waals surface area contributed by atoms with Gasteiger partial charge in [-0.25, -0.2) is 0 Å². The van der Waals surface area contributed by atoms with E-state index in [0.29, 0.717) is 41.5 Å². The number of anilines is 1. The summed E-state index contributed by atoms with van der Waals surface area (Å²) in [4.78, 5) is 17.9. The highest BCUT2D eigenvalue weighted by Crippen LogP contribution is 2.73. The molecule has 0 bridgehead atoms. The molecule has 4 nitrogen and oxygen atoms in total. The average molecular weight is 607 g/mol. The number of rotatable bonds is 5. The second-order valence-electron chi connectivity index (χ2n) is 17.1. The Hall–Kier alpha value is -2.23. The number of hydrogen-bond acceptors (Lipinski definition) is 4. The molecule has 2 aliphatic carbocycles. The lowest BCUT2D eigenvalue weighted by atomic mass is 9.64. The molecular weight excluding hydrogens is 540 g/mol. The van der Waals surface area contributed by atoms with Crippen LogP contribution >= 0.6 is 0 Å². The molecule has 5 rings (SSSR count). The van der Waals surface area contributed by atoms with Gasteiger partial charge in [-0.3, -0.25) is 4.79 Å². The van der Waals surface area contributed by atoms with E-state index in [1.54, 1.807) is 0 Å². The van der Waals surface area contributed by atoms with Crippen molar-refractivity contribution in [3.63, 3.8) is 0 Å². The molecule has 44 heavy (non-hydrogen) atoms. The first kappa shape index (κ1) is 36.2. The molecule has 2 heterocycles. The first-order chi connectivity index (χ1) is 19.7. The number of aromatic hydroxyl groups is 1. The maximum absolute atomic E-state index is 13.0. The van der Waals surface area contributed by atoms with E-state index < -0.39 is 0 Å². The summed E-state index contributed by atoms with van der Waals surface area (Å²) in [5.74, 6) is 2.84. The summed E-state index contributed by atoms with van der Waals surface area (Å²) in [5.41, 5.74) is 9.27. The molecule has 4 aliphatic rings. The molecule has 1 aromatic rings. The quantitative estimate of drug-likeness (QED) is 0.362. The number of benzene rings is 1. The molecule has 3 unspecified atom stereocenters. The number of nitrogens with zero attached hydrogens (tertiary/aromatic N) is 2. The minimum atomic E-state index is -0.0884. The van der Waals surface area contributed by atoms with Crippen LogP contribution in [0.5, 0.6) is 5.75 Å². The van der Waals surface area contributed by atoms with Gasteiger partial charge in [0, 0.05) is 71.2 Å². The number of likely N-dealkylation sites (tertiary alicyclic amines) is 1. The first-order valence-corrected chi connectivity index (χ1v) is 17.1. The zero-order chi connectivity index (χ0) is 32.6. The molecule has 248 valence electrons. The van der Waals surface area contributed by atoms with Crippen molar-refractivity contribution in [2.24, 2.45) is 22.2 Å².